The van der Waals surface area contributed by atoms with Crippen LogP contribution in [-0.2, 0) is 12.6 Å². The first-order valence-electron chi connectivity index (χ1n) is 5.75. The van der Waals surface area contributed by atoms with Gasteiger partial charge >= 0.3 is 6.18 Å². The molecule has 0 saturated carbocycles. The van der Waals surface area contributed by atoms with Crippen LogP contribution in [-0.4, -0.2) is 13.6 Å². The molecule has 1 nitrogen and oxygen atoms in total. The zero-order chi connectivity index (χ0) is 13.2. The minimum Gasteiger partial charge on any atom is -0.320 e. The fourth-order valence-electron chi connectivity index (χ4n) is 1.84. The molecule has 0 aliphatic carbocycles. The maximum atomic E-state index is 12.6. The summed E-state index contributed by atoms with van der Waals surface area (Å²) in [5.74, 6) is 0. The third kappa shape index (κ3) is 3.03. The number of aryl methyl sites for hydroxylation is 1. The lowest BCUT2D eigenvalue weighted by Crippen LogP contribution is -2.07. The van der Waals surface area contributed by atoms with Crippen molar-refractivity contribution in [3.05, 3.63) is 34.7 Å². The predicted molar refractivity (Wildman–Crippen MR) is 69.1 cm³/mol. The molecule has 0 unspecified atom stereocenters. The van der Waals surface area contributed by atoms with E-state index in [1.165, 1.54) is 6.07 Å². The molecule has 0 atom stereocenters. The topological polar surface area (TPSA) is 12.0 Å². The highest BCUT2D eigenvalue weighted by Crippen LogP contribution is 2.34. The van der Waals surface area contributed by atoms with E-state index in [2.05, 4.69) is 5.32 Å². The molecular formula is C13H14F3NS. The molecule has 0 bridgehead atoms. The standard InChI is InChI=1S/C13H14F3NS/c1-17-6-2-3-11-8-9-7-10(13(14,15)16)4-5-12(9)18-11/h4-5,7-8,17H,2-3,6H2,1H3. The van der Waals surface area contributed by atoms with Gasteiger partial charge in [0.05, 0.1) is 5.56 Å². The molecule has 2 aromatic rings. The molecule has 1 heterocycles. The number of hydrogen-bond acceptors (Lipinski definition) is 2. The quantitative estimate of drug-likeness (QED) is 0.828. The molecule has 0 fully saturated rings. The number of hydrogen-bond donors (Lipinski definition) is 1. The number of fused-ring (bicyclic) bond motifs is 1. The lowest BCUT2D eigenvalue weighted by atomic mass is 10.1. The van der Waals surface area contributed by atoms with Gasteiger partial charge in [-0.3, -0.25) is 0 Å². The third-order valence-electron chi connectivity index (χ3n) is 2.74. The molecule has 98 valence electrons. The van der Waals surface area contributed by atoms with Crippen molar-refractivity contribution < 1.29 is 13.2 Å². The second kappa shape index (κ2) is 5.28. The highest BCUT2D eigenvalue weighted by atomic mass is 32.1. The molecular weight excluding hydrogens is 259 g/mol. The van der Waals surface area contributed by atoms with Gasteiger partial charge in [0, 0.05) is 9.58 Å². The van der Waals surface area contributed by atoms with E-state index in [0.717, 1.165) is 35.0 Å². The van der Waals surface area contributed by atoms with E-state index in [4.69, 9.17) is 0 Å². The van der Waals surface area contributed by atoms with E-state index in [1.807, 2.05) is 13.1 Å². The monoisotopic (exact) mass is 273 g/mol. The van der Waals surface area contributed by atoms with Crippen molar-refractivity contribution in [2.45, 2.75) is 19.0 Å². The van der Waals surface area contributed by atoms with Crippen LogP contribution >= 0.6 is 11.3 Å². The molecule has 5 heteroatoms. The first kappa shape index (κ1) is 13.4. The maximum absolute atomic E-state index is 12.6. The normalized spacial score (nSPS) is 12.2. The van der Waals surface area contributed by atoms with Gasteiger partial charge in [0.2, 0.25) is 0 Å². The Hall–Kier alpha value is -1.07. The number of nitrogens with one attached hydrogen (secondary N) is 1. The summed E-state index contributed by atoms with van der Waals surface area (Å²) in [6.45, 7) is 0.919. The summed E-state index contributed by atoms with van der Waals surface area (Å²) in [5.41, 5.74) is -0.574. The second-order valence-electron chi connectivity index (χ2n) is 4.17. The number of alkyl halides is 3. The fraction of sp³-hybridized carbons (Fsp3) is 0.385. The van der Waals surface area contributed by atoms with Crippen LogP contribution in [0.1, 0.15) is 16.9 Å². The van der Waals surface area contributed by atoms with Gasteiger partial charge in [-0.25, -0.2) is 0 Å². The smallest absolute Gasteiger partial charge is 0.320 e. The number of thiophene rings is 1. The van der Waals surface area contributed by atoms with Gasteiger partial charge in [-0.15, -0.1) is 11.3 Å². The Morgan fingerprint density at radius 2 is 2.00 bits per heavy atom. The van der Waals surface area contributed by atoms with Crippen LogP contribution in [0, 0.1) is 0 Å². The van der Waals surface area contributed by atoms with Crippen LogP contribution in [0.3, 0.4) is 0 Å². The van der Waals surface area contributed by atoms with Gasteiger partial charge in [-0.05, 0) is 56.1 Å². The summed E-state index contributed by atoms with van der Waals surface area (Å²) in [7, 11) is 1.89. The first-order valence-corrected chi connectivity index (χ1v) is 6.56. The van der Waals surface area contributed by atoms with Crippen LogP contribution in [0.4, 0.5) is 13.2 Å². The fourth-order valence-corrected chi connectivity index (χ4v) is 2.92. The summed E-state index contributed by atoms with van der Waals surface area (Å²) < 4.78 is 38.6. The van der Waals surface area contributed by atoms with E-state index in [1.54, 1.807) is 17.4 Å². The summed E-state index contributed by atoms with van der Waals surface area (Å²) >= 11 is 1.57. The lowest BCUT2D eigenvalue weighted by Gasteiger charge is -2.05. The predicted octanol–water partition coefficient (Wildman–Crippen LogP) is 4.07. The molecule has 1 aromatic carbocycles. The highest BCUT2D eigenvalue weighted by Gasteiger charge is 2.30. The Morgan fingerprint density at radius 3 is 2.67 bits per heavy atom. The van der Waals surface area contributed by atoms with E-state index in [0.29, 0.717) is 5.39 Å². The number of halogens is 3. The van der Waals surface area contributed by atoms with Crippen molar-refractivity contribution in [1.29, 1.82) is 0 Å². The molecule has 0 aliphatic heterocycles. The van der Waals surface area contributed by atoms with Gasteiger partial charge in [0.25, 0.3) is 0 Å². The SMILES string of the molecule is CNCCCc1cc2cc(C(F)(F)F)ccc2s1. The van der Waals surface area contributed by atoms with Gasteiger partial charge in [-0.2, -0.15) is 13.2 Å². The van der Waals surface area contributed by atoms with E-state index in [9.17, 15) is 13.2 Å². The van der Waals surface area contributed by atoms with Gasteiger partial charge in [-0.1, -0.05) is 0 Å². The van der Waals surface area contributed by atoms with Crippen molar-refractivity contribution in [2.75, 3.05) is 13.6 Å². The maximum Gasteiger partial charge on any atom is 0.416 e. The summed E-state index contributed by atoms with van der Waals surface area (Å²) in [6.07, 6.45) is -2.36. The first-order chi connectivity index (χ1) is 8.50. The Kier molecular flexibility index (Phi) is 3.92. The Morgan fingerprint density at radius 1 is 1.22 bits per heavy atom. The highest BCUT2D eigenvalue weighted by molar-refractivity contribution is 7.19. The number of rotatable bonds is 4. The van der Waals surface area contributed by atoms with Crippen LogP contribution in [0.15, 0.2) is 24.3 Å². The summed E-state index contributed by atoms with van der Waals surface area (Å²) in [5, 5.41) is 3.75. The van der Waals surface area contributed by atoms with Crippen LogP contribution in [0.5, 0.6) is 0 Å². The zero-order valence-corrected chi connectivity index (χ0v) is 10.8. The minimum atomic E-state index is -4.26. The third-order valence-corrected chi connectivity index (χ3v) is 3.92. The molecule has 2 rings (SSSR count). The van der Waals surface area contributed by atoms with Crippen molar-refractivity contribution in [2.24, 2.45) is 0 Å². The van der Waals surface area contributed by atoms with Crippen LogP contribution in [0.2, 0.25) is 0 Å². The molecule has 0 saturated heterocycles. The summed E-state index contributed by atoms with van der Waals surface area (Å²) in [4.78, 5) is 1.14. The van der Waals surface area contributed by atoms with Crippen molar-refractivity contribution in [1.82, 2.24) is 5.32 Å². The molecule has 0 aliphatic rings. The molecule has 1 N–H and O–H groups in total. The average Bonchev–Trinajstić information content (AvgIpc) is 2.69. The van der Waals surface area contributed by atoms with Crippen molar-refractivity contribution in [3.63, 3.8) is 0 Å². The minimum absolute atomic E-state index is 0.574. The van der Waals surface area contributed by atoms with E-state index in [-0.39, 0.29) is 0 Å². The molecule has 0 spiro atoms. The molecule has 1 aromatic heterocycles. The van der Waals surface area contributed by atoms with Crippen LogP contribution < -0.4 is 5.32 Å². The molecule has 0 radical (unpaired) electrons. The van der Waals surface area contributed by atoms with Crippen molar-refractivity contribution >= 4 is 21.4 Å². The van der Waals surface area contributed by atoms with Gasteiger partial charge in [0.15, 0.2) is 0 Å². The Bertz CT molecular complexity index is 531. The van der Waals surface area contributed by atoms with E-state index >= 15 is 0 Å². The Balaban J connectivity index is 2.23. The zero-order valence-electron chi connectivity index (χ0n) is 9.97. The number of benzene rings is 1. The summed E-state index contributed by atoms with van der Waals surface area (Å²) in [6, 6.07) is 5.80. The van der Waals surface area contributed by atoms with Gasteiger partial charge in [0.1, 0.15) is 0 Å². The average molecular weight is 273 g/mol. The van der Waals surface area contributed by atoms with Crippen molar-refractivity contribution in [3.8, 4) is 0 Å². The van der Waals surface area contributed by atoms with Gasteiger partial charge < -0.3 is 5.32 Å². The molecule has 18 heavy (non-hydrogen) atoms. The molecule has 0 amide bonds. The largest absolute Gasteiger partial charge is 0.416 e. The lowest BCUT2D eigenvalue weighted by molar-refractivity contribution is -0.137. The second-order valence-corrected chi connectivity index (χ2v) is 5.34. The Labute approximate surface area is 108 Å². The van der Waals surface area contributed by atoms with Crippen LogP contribution in [0.25, 0.3) is 10.1 Å². The van der Waals surface area contributed by atoms with E-state index < -0.39 is 11.7 Å².